The number of benzene rings is 2. The van der Waals surface area contributed by atoms with E-state index in [1.54, 1.807) is 18.3 Å². The third-order valence-corrected chi connectivity index (χ3v) is 5.17. The summed E-state index contributed by atoms with van der Waals surface area (Å²) in [6.45, 7) is 6.32. The van der Waals surface area contributed by atoms with Gasteiger partial charge in [0.2, 0.25) is 5.78 Å². The zero-order valence-corrected chi connectivity index (χ0v) is 16.4. The van der Waals surface area contributed by atoms with E-state index in [1.807, 2.05) is 47.8 Å². The second-order valence-corrected chi connectivity index (χ2v) is 8.27. The number of amides is 1. The molecule has 1 N–H and O–H groups in total. The molecule has 0 aliphatic rings. The van der Waals surface area contributed by atoms with Crippen LogP contribution in [0.2, 0.25) is 0 Å². The molecular weight excluding hydrogens is 356 g/mol. The summed E-state index contributed by atoms with van der Waals surface area (Å²) in [5, 5.41) is 5.43. The maximum atomic E-state index is 12.6. The molecule has 2 aromatic carbocycles. The van der Waals surface area contributed by atoms with Crippen LogP contribution in [-0.4, -0.2) is 16.7 Å². The van der Waals surface area contributed by atoms with Crippen LogP contribution in [0.25, 0.3) is 0 Å². The maximum absolute atomic E-state index is 12.6. The highest BCUT2D eigenvalue weighted by Crippen LogP contribution is 2.25. The number of thiazole rings is 1. The molecule has 138 valence electrons. The van der Waals surface area contributed by atoms with Crippen molar-refractivity contribution in [3.05, 3.63) is 87.9 Å². The van der Waals surface area contributed by atoms with Gasteiger partial charge in [-0.1, -0.05) is 75.4 Å². The fourth-order valence-electron chi connectivity index (χ4n) is 2.76. The molecule has 3 rings (SSSR count). The van der Waals surface area contributed by atoms with Gasteiger partial charge in [-0.3, -0.25) is 9.59 Å². The molecule has 0 saturated carbocycles. The molecule has 0 bridgehead atoms. The summed E-state index contributed by atoms with van der Waals surface area (Å²) in [6.07, 6.45) is 1.69. The number of rotatable bonds is 5. The first-order valence-corrected chi connectivity index (χ1v) is 9.64. The first kappa shape index (κ1) is 19.0. The summed E-state index contributed by atoms with van der Waals surface area (Å²) in [6, 6.07) is 16.3. The van der Waals surface area contributed by atoms with Gasteiger partial charge in [0.15, 0.2) is 0 Å². The molecule has 1 heterocycles. The Labute approximate surface area is 163 Å². The quantitative estimate of drug-likeness (QED) is 0.524. The first-order chi connectivity index (χ1) is 12.9. The van der Waals surface area contributed by atoms with E-state index in [0.717, 1.165) is 16.1 Å². The Morgan fingerprint density at radius 2 is 1.67 bits per heavy atom. The predicted molar refractivity (Wildman–Crippen MR) is 108 cm³/mol. The third kappa shape index (κ3) is 4.49. The highest BCUT2D eigenvalue weighted by molar-refractivity contribution is 7.09. The van der Waals surface area contributed by atoms with E-state index < -0.39 is 17.7 Å². The second kappa shape index (κ2) is 7.84. The minimum Gasteiger partial charge on any atom is -0.336 e. The van der Waals surface area contributed by atoms with Crippen LogP contribution in [0.4, 0.5) is 0 Å². The van der Waals surface area contributed by atoms with E-state index in [1.165, 1.54) is 11.3 Å². The summed E-state index contributed by atoms with van der Waals surface area (Å²) in [7, 11) is 0. The van der Waals surface area contributed by atoms with Crippen molar-refractivity contribution < 1.29 is 9.59 Å². The number of hydrogen-bond acceptors (Lipinski definition) is 4. The predicted octanol–water partition coefficient (Wildman–Crippen LogP) is 4.53. The van der Waals surface area contributed by atoms with Gasteiger partial charge in [0, 0.05) is 17.1 Å². The van der Waals surface area contributed by atoms with Crippen molar-refractivity contribution in [2.75, 3.05) is 0 Å². The molecule has 0 saturated heterocycles. The van der Waals surface area contributed by atoms with Gasteiger partial charge < -0.3 is 5.32 Å². The lowest BCUT2D eigenvalue weighted by atomic mass is 9.86. The van der Waals surface area contributed by atoms with Crippen molar-refractivity contribution >= 4 is 23.0 Å². The highest BCUT2D eigenvalue weighted by Gasteiger charge is 2.24. The topological polar surface area (TPSA) is 59.1 Å². The van der Waals surface area contributed by atoms with Crippen LogP contribution in [0.1, 0.15) is 53.3 Å². The summed E-state index contributed by atoms with van der Waals surface area (Å²) >= 11 is 1.44. The van der Waals surface area contributed by atoms with E-state index >= 15 is 0 Å². The normalized spacial score (nSPS) is 12.4. The van der Waals surface area contributed by atoms with Crippen molar-refractivity contribution in [2.24, 2.45) is 0 Å². The van der Waals surface area contributed by atoms with Crippen LogP contribution in [0.3, 0.4) is 0 Å². The summed E-state index contributed by atoms with van der Waals surface area (Å²) in [4.78, 5) is 29.5. The molecule has 3 aromatic rings. The first-order valence-electron chi connectivity index (χ1n) is 8.76. The monoisotopic (exact) mass is 378 g/mol. The number of carbonyl (C=O) groups excluding carboxylic acids is 2. The van der Waals surface area contributed by atoms with Crippen molar-refractivity contribution in [3.63, 3.8) is 0 Å². The molecule has 0 aliphatic heterocycles. The summed E-state index contributed by atoms with van der Waals surface area (Å²) in [5.74, 6) is -1.18. The van der Waals surface area contributed by atoms with Gasteiger partial charge in [-0.25, -0.2) is 4.98 Å². The molecular formula is C22H22N2O2S. The summed E-state index contributed by atoms with van der Waals surface area (Å²) < 4.78 is 0. The van der Waals surface area contributed by atoms with Gasteiger partial charge in [0.25, 0.3) is 5.91 Å². The van der Waals surface area contributed by atoms with Gasteiger partial charge >= 0.3 is 0 Å². The molecule has 4 nitrogen and oxygen atoms in total. The number of ketones is 1. The van der Waals surface area contributed by atoms with E-state index in [-0.39, 0.29) is 5.41 Å². The molecule has 1 amide bonds. The van der Waals surface area contributed by atoms with E-state index in [9.17, 15) is 9.59 Å². The molecule has 0 spiro atoms. The third-order valence-electron chi connectivity index (χ3n) is 4.33. The van der Waals surface area contributed by atoms with Gasteiger partial charge in [-0.05, 0) is 16.5 Å². The fourth-order valence-corrected chi connectivity index (χ4v) is 3.47. The zero-order valence-electron chi connectivity index (χ0n) is 15.6. The standard InChI is InChI=1S/C22H22N2O2S/c1-22(2,3)17-11-9-16(10-12-17)19(25)20(26)24-18(21-23-13-14-27-21)15-7-5-4-6-8-15/h4-14,18H,1-3H3,(H,24,26). The lowest BCUT2D eigenvalue weighted by Crippen LogP contribution is -2.35. The minimum absolute atomic E-state index is 0.00686. The molecule has 1 unspecified atom stereocenters. The van der Waals surface area contributed by atoms with Crippen LogP contribution in [0, 0.1) is 0 Å². The van der Waals surface area contributed by atoms with Gasteiger partial charge in [-0.15, -0.1) is 11.3 Å². The van der Waals surface area contributed by atoms with Gasteiger partial charge in [-0.2, -0.15) is 0 Å². The Balaban J connectivity index is 1.80. The molecule has 0 fully saturated rings. The van der Waals surface area contributed by atoms with E-state index in [2.05, 4.69) is 31.1 Å². The number of nitrogens with one attached hydrogen (secondary N) is 1. The summed E-state index contributed by atoms with van der Waals surface area (Å²) in [5.41, 5.74) is 2.38. The Kier molecular flexibility index (Phi) is 5.51. The van der Waals surface area contributed by atoms with Crippen LogP contribution < -0.4 is 5.32 Å². The molecule has 0 radical (unpaired) electrons. The highest BCUT2D eigenvalue weighted by atomic mass is 32.1. The molecule has 5 heteroatoms. The molecule has 1 atom stereocenters. The van der Waals surface area contributed by atoms with Crippen molar-refractivity contribution in [3.8, 4) is 0 Å². The lowest BCUT2D eigenvalue weighted by Gasteiger charge is -2.19. The van der Waals surface area contributed by atoms with Crippen LogP contribution in [0.5, 0.6) is 0 Å². The van der Waals surface area contributed by atoms with E-state index in [4.69, 9.17) is 0 Å². The zero-order chi connectivity index (χ0) is 19.4. The Morgan fingerprint density at radius 1 is 1.00 bits per heavy atom. The fraction of sp³-hybridized carbons (Fsp3) is 0.227. The number of nitrogens with zero attached hydrogens (tertiary/aromatic N) is 1. The number of aromatic nitrogens is 1. The molecule has 1 aromatic heterocycles. The Morgan fingerprint density at radius 3 is 2.22 bits per heavy atom. The minimum atomic E-state index is -0.637. The van der Waals surface area contributed by atoms with Crippen LogP contribution >= 0.6 is 11.3 Å². The van der Waals surface area contributed by atoms with Gasteiger partial charge in [0.05, 0.1) is 0 Å². The van der Waals surface area contributed by atoms with Crippen molar-refractivity contribution in [1.82, 2.24) is 10.3 Å². The lowest BCUT2D eigenvalue weighted by molar-refractivity contribution is -0.117. The van der Waals surface area contributed by atoms with Crippen LogP contribution in [-0.2, 0) is 10.2 Å². The average molecular weight is 378 g/mol. The van der Waals surface area contributed by atoms with Crippen molar-refractivity contribution in [2.45, 2.75) is 32.2 Å². The van der Waals surface area contributed by atoms with Gasteiger partial charge in [0.1, 0.15) is 11.0 Å². The number of Topliss-reactive ketones (excluding diaryl/α,β-unsaturated/α-hetero) is 1. The number of hydrogen-bond donors (Lipinski definition) is 1. The smallest absolute Gasteiger partial charge is 0.293 e. The average Bonchev–Trinajstić information content (AvgIpc) is 3.20. The maximum Gasteiger partial charge on any atom is 0.293 e. The van der Waals surface area contributed by atoms with Crippen molar-refractivity contribution in [1.29, 1.82) is 0 Å². The Hall–Kier alpha value is -2.79. The van der Waals surface area contributed by atoms with Crippen LogP contribution in [0.15, 0.2) is 66.2 Å². The second-order valence-electron chi connectivity index (χ2n) is 7.34. The SMILES string of the molecule is CC(C)(C)c1ccc(C(=O)C(=O)NC(c2ccccc2)c2nccs2)cc1. The molecule has 27 heavy (non-hydrogen) atoms. The largest absolute Gasteiger partial charge is 0.336 e. The number of carbonyl (C=O) groups is 2. The van der Waals surface area contributed by atoms with E-state index in [0.29, 0.717) is 5.56 Å². The molecule has 0 aliphatic carbocycles. The Bertz CT molecular complexity index is 911.